The second kappa shape index (κ2) is 9.93. The van der Waals surface area contributed by atoms with E-state index in [0.29, 0.717) is 64.8 Å². The smallest absolute Gasteiger partial charge is 0.426 e. The normalized spacial score (nSPS) is 28.4. The maximum atomic E-state index is 14.9. The molecule has 0 bridgehead atoms. The van der Waals surface area contributed by atoms with Crippen LogP contribution in [0.5, 0.6) is 0 Å². The molecule has 1 N–H and O–H groups in total. The molecule has 0 aromatic heterocycles. The number of carbonyl (C=O) groups excluding carboxylic acids is 1. The highest BCUT2D eigenvalue weighted by Gasteiger charge is 2.56. The van der Waals surface area contributed by atoms with Crippen LogP contribution in [0.25, 0.3) is 0 Å². The van der Waals surface area contributed by atoms with Crippen LogP contribution in [0.3, 0.4) is 0 Å². The maximum Gasteiger partial charge on any atom is 0.426 e. The molecule has 0 radical (unpaired) electrons. The third kappa shape index (κ3) is 4.84. The van der Waals surface area contributed by atoms with Gasteiger partial charge in [-0.1, -0.05) is 48.0 Å². The zero-order valence-corrected chi connectivity index (χ0v) is 22.4. The molecule has 5 rings (SSSR count). The minimum absolute atomic E-state index is 0.0587. The Morgan fingerprint density at radius 1 is 1.00 bits per heavy atom. The first kappa shape index (κ1) is 27.7. The molecule has 1 amide bonds. The third-order valence-corrected chi connectivity index (χ3v) is 9.53. The Hall–Kier alpha value is -2.90. The van der Waals surface area contributed by atoms with Gasteiger partial charge in [-0.2, -0.15) is 13.2 Å². The summed E-state index contributed by atoms with van der Waals surface area (Å²) in [6.07, 6.45) is -0.578. The fourth-order valence-electron chi connectivity index (χ4n) is 7.29. The lowest BCUT2D eigenvalue weighted by Gasteiger charge is -2.45. The van der Waals surface area contributed by atoms with Gasteiger partial charge in [0.25, 0.3) is 0 Å². The Kier molecular flexibility index (Phi) is 7.04. The summed E-state index contributed by atoms with van der Waals surface area (Å²) in [5.74, 6) is -1.36. The van der Waals surface area contributed by atoms with E-state index >= 15 is 0 Å². The molecule has 3 atom stereocenters. The van der Waals surface area contributed by atoms with Crippen molar-refractivity contribution in [1.29, 1.82) is 0 Å². The molecule has 0 spiro atoms. The molecule has 1 saturated carbocycles. The van der Waals surface area contributed by atoms with Gasteiger partial charge in [-0.05, 0) is 87.5 Å². The summed E-state index contributed by atoms with van der Waals surface area (Å²) in [6, 6.07) is 12.3. The monoisotopic (exact) mass is 545 g/mol. The highest BCUT2D eigenvalue weighted by molar-refractivity contribution is 5.80. The SMILES string of the molecule is Cc1cccc(CC23CCN(C(=O)[C@H]4CC[C@H](C(=O)O)CC4)C2CCc2cc(C(C)(F)C(F)(F)F)ccc23)c1. The van der Waals surface area contributed by atoms with Crippen LogP contribution < -0.4 is 0 Å². The van der Waals surface area contributed by atoms with E-state index < -0.39 is 29.1 Å². The van der Waals surface area contributed by atoms with Crippen LogP contribution in [-0.4, -0.2) is 40.6 Å². The number of aryl methyl sites for hydroxylation is 2. The predicted octanol–water partition coefficient (Wildman–Crippen LogP) is 6.66. The first-order chi connectivity index (χ1) is 18.3. The molecule has 4 nitrogen and oxygen atoms in total. The van der Waals surface area contributed by atoms with E-state index in [-0.39, 0.29) is 23.4 Å². The van der Waals surface area contributed by atoms with Gasteiger partial charge < -0.3 is 10.0 Å². The topological polar surface area (TPSA) is 57.6 Å². The van der Waals surface area contributed by atoms with Gasteiger partial charge in [-0.15, -0.1) is 0 Å². The van der Waals surface area contributed by atoms with Crippen molar-refractivity contribution < 1.29 is 32.3 Å². The van der Waals surface area contributed by atoms with Crippen LogP contribution in [0.15, 0.2) is 42.5 Å². The van der Waals surface area contributed by atoms with Crippen molar-refractivity contribution in [1.82, 2.24) is 4.90 Å². The molecule has 1 heterocycles. The predicted molar refractivity (Wildman–Crippen MR) is 139 cm³/mol. The number of alkyl halides is 4. The maximum absolute atomic E-state index is 14.9. The van der Waals surface area contributed by atoms with Gasteiger partial charge in [0.1, 0.15) is 0 Å². The van der Waals surface area contributed by atoms with Crippen LogP contribution >= 0.6 is 0 Å². The van der Waals surface area contributed by atoms with E-state index in [2.05, 4.69) is 6.07 Å². The number of halogens is 4. The zero-order chi connectivity index (χ0) is 28.2. The Labute approximate surface area is 226 Å². The lowest BCUT2D eigenvalue weighted by Crippen LogP contribution is -2.51. The van der Waals surface area contributed by atoms with Crippen molar-refractivity contribution in [2.24, 2.45) is 11.8 Å². The van der Waals surface area contributed by atoms with Crippen LogP contribution in [0, 0.1) is 18.8 Å². The van der Waals surface area contributed by atoms with Gasteiger partial charge in [0.05, 0.1) is 5.92 Å². The summed E-state index contributed by atoms with van der Waals surface area (Å²) in [6.45, 7) is 3.12. The number of carbonyl (C=O) groups is 2. The van der Waals surface area contributed by atoms with Gasteiger partial charge in [-0.3, -0.25) is 9.59 Å². The van der Waals surface area contributed by atoms with Crippen LogP contribution in [0.2, 0.25) is 0 Å². The molecule has 2 aliphatic carbocycles. The van der Waals surface area contributed by atoms with Gasteiger partial charge in [0.2, 0.25) is 11.6 Å². The molecule has 8 heteroatoms. The molecule has 3 unspecified atom stereocenters. The standard InChI is InChI=1S/C31H35F4NO3/c1-19-4-3-5-20(16-19)18-30-14-15-36(27(37)21-6-8-22(9-7-21)28(38)39)26(30)13-10-23-17-24(11-12-25(23)30)29(2,32)31(33,34)35/h3-5,11-12,16-17,21-22,26H,6-10,13-15,18H2,1-2H3,(H,38,39)/t21-,22-,26?,29?,30?. The lowest BCUT2D eigenvalue weighted by molar-refractivity contribution is -0.228. The van der Waals surface area contributed by atoms with E-state index in [4.69, 9.17) is 0 Å². The van der Waals surface area contributed by atoms with Crippen LogP contribution in [0.4, 0.5) is 17.6 Å². The summed E-state index contributed by atoms with van der Waals surface area (Å²) in [4.78, 5) is 27.1. The number of hydrogen-bond acceptors (Lipinski definition) is 2. The molecule has 2 aromatic carbocycles. The molecule has 2 fully saturated rings. The number of carboxylic acid groups (broad SMARTS) is 1. The first-order valence-electron chi connectivity index (χ1n) is 13.8. The fraction of sp³-hybridized carbons (Fsp3) is 0.548. The summed E-state index contributed by atoms with van der Waals surface area (Å²) < 4.78 is 55.4. The minimum atomic E-state index is -5.02. The van der Waals surface area contributed by atoms with Crippen molar-refractivity contribution >= 4 is 11.9 Å². The first-order valence-corrected chi connectivity index (χ1v) is 13.8. The number of nitrogens with zero attached hydrogens (tertiary/aromatic N) is 1. The Balaban J connectivity index is 1.50. The van der Waals surface area contributed by atoms with E-state index in [9.17, 15) is 32.3 Å². The van der Waals surface area contributed by atoms with Crippen molar-refractivity contribution in [2.75, 3.05) is 6.54 Å². The number of aliphatic carboxylic acids is 1. The third-order valence-electron chi connectivity index (χ3n) is 9.53. The summed E-state index contributed by atoms with van der Waals surface area (Å²) in [5, 5.41) is 9.35. The average molecular weight is 546 g/mol. The molecule has 1 saturated heterocycles. The fourth-order valence-corrected chi connectivity index (χ4v) is 7.29. The van der Waals surface area contributed by atoms with Gasteiger partial charge >= 0.3 is 12.1 Å². The highest BCUT2D eigenvalue weighted by atomic mass is 19.4. The van der Waals surface area contributed by atoms with Gasteiger partial charge in [-0.25, -0.2) is 4.39 Å². The number of benzene rings is 2. The average Bonchev–Trinajstić information content (AvgIpc) is 3.26. The molecule has 1 aliphatic heterocycles. The summed E-state index contributed by atoms with van der Waals surface area (Å²) >= 11 is 0. The molecule has 3 aliphatic rings. The molecule has 210 valence electrons. The van der Waals surface area contributed by atoms with Crippen molar-refractivity contribution in [3.05, 3.63) is 70.3 Å². The molecular formula is C31H35F4NO3. The van der Waals surface area contributed by atoms with Crippen molar-refractivity contribution in [2.45, 2.75) is 88.5 Å². The molecular weight excluding hydrogens is 510 g/mol. The van der Waals surface area contributed by atoms with Crippen LogP contribution in [-0.2, 0) is 33.5 Å². The van der Waals surface area contributed by atoms with E-state index in [0.717, 1.165) is 22.3 Å². The molecule has 39 heavy (non-hydrogen) atoms. The number of likely N-dealkylation sites (tertiary alicyclic amines) is 1. The largest absolute Gasteiger partial charge is 0.481 e. The van der Waals surface area contributed by atoms with Gasteiger partial charge in [0.15, 0.2) is 0 Å². The number of fused-ring (bicyclic) bond motifs is 3. The van der Waals surface area contributed by atoms with Gasteiger partial charge in [0, 0.05) is 23.9 Å². The zero-order valence-electron chi connectivity index (χ0n) is 22.4. The van der Waals surface area contributed by atoms with Crippen LogP contribution in [0.1, 0.15) is 73.3 Å². The number of rotatable bonds is 5. The van der Waals surface area contributed by atoms with E-state index in [1.54, 1.807) is 6.07 Å². The van der Waals surface area contributed by atoms with E-state index in [1.165, 1.54) is 12.1 Å². The number of carboxylic acids is 1. The summed E-state index contributed by atoms with van der Waals surface area (Å²) in [5.41, 5.74) is -0.495. The Bertz CT molecular complexity index is 1260. The Morgan fingerprint density at radius 2 is 1.69 bits per heavy atom. The lowest BCUT2D eigenvalue weighted by atomic mass is 9.63. The summed E-state index contributed by atoms with van der Waals surface area (Å²) in [7, 11) is 0. The number of amides is 1. The Morgan fingerprint density at radius 3 is 2.33 bits per heavy atom. The van der Waals surface area contributed by atoms with E-state index in [1.807, 2.05) is 30.0 Å². The van der Waals surface area contributed by atoms with Crippen molar-refractivity contribution in [3.8, 4) is 0 Å². The van der Waals surface area contributed by atoms with Crippen molar-refractivity contribution in [3.63, 3.8) is 0 Å². The second-order valence-electron chi connectivity index (χ2n) is 11.9. The second-order valence-corrected chi connectivity index (χ2v) is 11.9. The molecule has 2 aromatic rings. The quantitative estimate of drug-likeness (QED) is 0.428. The number of hydrogen-bond donors (Lipinski definition) is 1. The highest BCUT2D eigenvalue weighted by Crippen LogP contribution is 2.51. The minimum Gasteiger partial charge on any atom is -0.481 e.